The van der Waals surface area contributed by atoms with Crippen LogP contribution in [0, 0.1) is 0 Å². The van der Waals surface area contributed by atoms with Crippen LogP contribution >= 0.6 is 7.37 Å². The molecule has 1 atom stereocenters. The topological polar surface area (TPSA) is 37.3 Å². The average Bonchev–Trinajstić information content (AvgIpc) is 1.59. The first-order valence-electron chi connectivity index (χ1n) is 3.45. The molecule has 0 aliphatic carbocycles. The quantitative estimate of drug-likeness (QED) is 0.647. The van der Waals surface area contributed by atoms with E-state index in [9.17, 15) is 4.57 Å². The van der Waals surface area contributed by atoms with Gasteiger partial charge in [0.25, 0.3) is 0 Å². The van der Waals surface area contributed by atoms with Gasteiger partial charge in [-0.25, -0.2) is 0 Å². The highest BCUT2D eigenvalue weighted by molar-refractivity contribution is 7.61. The van der Waals surface area contributed by atoms with Crippen molar-refractivity contribution in [1.29, 1.82) is 0 Å². The van der Waals surface area contributed by atoms with Gasteiger partial charge in [-0.05, 0) is 26.1 Å². The summed E-state index contributed by atoms with van der Waals surface area (Å²) < 4.78 is 11.1. The maximum Gasteiger partial charge on any atom is 0.222 e. The average molecular weight is 162 g/mol. The lowest BCUT2D eigenvalue weighted by molar-refractivity contribution is 0.487. The third-order valence-electron chi connectivity index (χ3n) is 1.00. The lowest BCUT2D eigenvalue weighted by Gasteiger charge is -2.03. The predicted octanol–water partition coefficient (Wildman–Crippen LogP) is 2.59. The SMILES string of the molecule is CCCP(=O)(O)C=C(C)C. The van der Waals surface area contributed by atoms with Crippen molar-refractivity contribution in [3.63, 3.8) is 0 Å². The standard InChI is InChI=1S/C7H15O2P/c1-4-5-10(8,9)6-7(2)3/h6H,4-5H2,1-3H3,(H,8,9). The van der Waals surface area contributed by atoms with E-state index in [2.05, 4.69) is 0 Å². The molecule has 60 valence electrons. The largest absolute Gasteiger partial charge is 0.341 e. The molecule has 0 saturated heterocycles. The van der Waals surface area contributed by atoms with Gasteiger partial charge in [-0.1, -0.05) is 12.5 Å². The van der Waals surface area contributed by atoms with Gasteiger partial charge in [-0.15, -0.1) is 0 Å². The van der Waals surface area contributed by atoms with E-state index in [1.165, 1.54) is 5.82 Å². The Morgan fingerprint density at radius 3 is 2.40 bits per heavy atom. The zero-order valence-electron chi connectivity index (χ0n) is 6.79. The summed E-state index contributed by atoms with van der Waals surface area (Å²) in [6, 6.07) is 0. The van der Waals surface area contributed by atoms with Crippen LogP contribution in [0.3, 0.4) is 0 Å². The van der Waals surface area contributed by atoms with E-state index < -0.39 is 7.37 Å². The van der Waals surface area contributed by atoms with E-state index >= 15 is 0 Å². The third-order valence-corrected chi connectivity index (χ3v) is 3.01. The maximum absolute atomic E-state index is 11.1. The fourth-order valence-electron chi connectivity index (χ4n) is 0.788. The summed E-state index contributed by atoms with van der Waals surface area (Å²) in [6.45, 7) is 5.57. The van der Waals surface area contributed by atoms with Gasteiger partial charge in [0, 0.05) is 6.16 Å². The molecule has 0 rings (SSSR count). The summed E-state index contributed by atoms with van der Waals surface area (Å²) >= 11 is 0. The van der Waals surface area contributed by atoms with Gasteiger partial charge in [-0.2, -0.15) is 0 Å². The molecular formula is C7H15O2P. The molecule has 2 nitrogen and oxygen atoms in total. The van der Waals surface area contributed by atoms with Crippen molar-refractivity contribution in [2.45, 2.75) is 27.2 Å². The van der Waals surface area contributed by atoms with Crippen LogP contribution in [-0.2, 0) is 4.57 Å². The Kier molecular flexibility index (Phi) is 3.92. The third kappa shape index (κ3) is 4.78. The van der Waals surface area contributed by atoms with Crippen LogP contribution in [0.2, 0.25) is 0 Å². The number of hydrogen-bond donors (Lipinski definition) is 1. The Morgan fingerprint density at radius 1 is 1.60 bits per heavy atom. The first kappa shape index (κ1) is 9.93. The zero-order valence-corrected chi connectivity index (χ0v) is 7.69. The Labute approximate surface area is 62.4 Å². The van der Waals surface area contributed by atoms with Crippen molar-refractivity contribution in [3.8, 4) is 0 Å². The fourth-order valence-corrected chi connectivity index (χ4v) is 2.37. The van der Waals surface area contributed by atoms with E-state index in [1.807, 2.05) is 20.8 Å². The minimum atomic E-state index is -2.91. The van der Waals surface area contributed by atoms with Crippen molar-refractivity contribution < 1.29 is 9.46 Å². The maximum atomic E-state index is 11.1. The summed E-state index contributed by atoms with van der Waals surface area (Å²) in [7, 11) is -2.91. The summed E-state index contributed by atoms with van der Waals surface area (Å²) in [5.74, 6) is 1.47. The molecule has 0 aromatic rings. The number of rotatable bonds is 3. The van der Waals surface area contributed by atoms with Gasteiger partial charge in [0.1, 0.15) is 0 Å². The van der Waals surface area contributed by atoms with Crippen LogP contribution < -0.4 is 0 Å². The van der Waals surface area contributed by atoms with Crippen LogP contribution in [0.1, 0.15) is 27.2 Å². The molecule has 3 heteroatoms. The van der Waals surface area contributed by atoms with Crippen molar-refractivity contribution in [2.75, 3.05) is 6.16 Å². The van der Waals surface area contributed by atoms with E-state index in [0.29, 0.717) is 6.16 Å². The number of hydrogen-bond acceptors (Lipinski definition) is 1. The lowest BCUT2D eigenvalue weighted by Crippen LogP contribution is -1.83. The summed E-state index contributed by atoms with van der Waals surface area (Å²) in [5.41, 5.74) is 0.916. The van der Waals surface area contributed by atoms with Crippen LogP contribution in [0.5, 0.6) is 0 Å². The first-order valence-corrected chi connectivity index (χ1v) is 5.37. The molecule has 0 saturated carbocycles. The first-order chi connectivity index (χ1) is 4.48. The van der Waals surface area contributed by atoms with Crippen molar-refractivity contribution in [2.24, 2.45) is 0 Å². The molecule has 0 aromatic carbocycles. The van der Waals surface area contributed by atoms with Gasteiger partial charge in [-0.3, -0.25) is 4.57 Å². The molecule has 0 heterocycles. The molecule has 0 fully saturated rings. The van der Waals surface area contributed by atoms with Crippen molar-refractivity contribution in [1.82, 2.24) is 0 Å². The normalized spacial score (nSPS) is 16.0. The smallest absolute Gasteiger partial charge is 0.222 e. The van der Waals surface area contributed by atoms with Gasteiger partial charge in [0.2, 0.25) is 7.37 Å². The van der Waals surface area contributed by atoms with Crippen LogP contribution in [-0.4, -0.2) is 11.1 Å². The second-order valence-electron chi connectivity index (χ2n) is 2.69. The zero-order chi connectivity index (χ0) is 8.20. The second-order valence-corrected chi connectivity index (χ2v) is 4.90. The van der Waals surface area contributed by atoms with Gasteiger partial charge in [0.15, 0.2) is 0 Å². The van der Waals surface area contributed by atoms with E-state index in [1.54, 1.807) is 0 Å². The van der Waals surface area contributed by atoms with Gasteiger partial charge in [0.05, 0.1) is 0 Å². The van der Waals surface area contributed by atoms with Gasteiger partial charge >= 0.3 is 0 Å². The fraction of sp³-hybridized carbons (Fsp3) is 0.714. The molecule has 0 radical (unpaired) electrons. The Morgan fingerprint density at radius 2 is 2.10 bits per heavy atom. The molecule has 0 amide bonds. The van der Waals surface area contributed by atoms with Crippen molar-refractivity contribution >= 4 is 7.37 Å². The van der Waals surface area contributed by atoms with E-state index in [4.69, 9.17) is 4.89 Å². The molecule has 1 N–H and O–H groups in total. The molecule has 0 aliphatic rings. The Balaban J connectivity index is 4.14. The minimum Gasteiger partial charge on any atom is -0.341 e. The second kappa shape index (κ2) is 3.95. The summed E-state index contributed by atoms with van der Waals surface area (Å²) in [5, 5.41) is 0. The van der Waals surface area contributed by atoms with Crippen LogP contribution in [0.25, 0.3) is 0 Å². The summed E-state index contributed by atoms with van der Waals surface area (Å²) in [4.78, 5) is 9.16. The molecule has 0 aliphatic heterocycles. The van der Waals surface area contributed by atoms with E-state index in [0.717, 1.165) is 12.0 Å². The monoisotopic (exact) mass is 162 g/mol. The van der Waals surface area contributed by atoms with Crippen LogP contribution in [0.4, 0.5) is 0 Å². The molecule has 10 heavy (non-hydrogen) atoms. The van der Waals surface area contributed by atoms with Gasteiger partial charge < -0.3 is 4.89 Å². The van der Waals surface area contributed by atoms with Crippen LogP contribution in [0.15, 0.2) is 11.4 Å². The highest BCUT2D eigenvalue weighted by atomic mass is 31.2. The van der Waals surface area contributed by atoms with E-state index in [-0.39, 0.29) is 0 Å². The predicted molar refractivity (Wildman–Crippen MR) is 44.4 cm³/mol. The number of allylic oxidation sites excluding steroid dienone is 1. The molecule has 0 spiro atoms. The molecule has 0 bridgehead atoms. The highest BCUT2D eigenvalue weighted by Gasteiger charge is 2.11. The summed E-state index contributed by atoms with van der Waals surface area (Å²) in [6.07, 6.45) is 1.16. The lowest BCUT2D eigenvalue weighted by atomic mass is 10.4. The minimum absolute atomic E-state index is 0.401. The Hall–Kier alpha value is -0.0700. The molecule has 1 unspecified atom stereocenters. The molecule has 0 aromatic heterocycles. The highest BCUT2D eigenvalue weighted by Crippen LogP contribution is 2.43. The Bertz CT molecular complexity index is 168. The molecular weight excluding hydrogens is 147 g/mol. The van der Waals surface area contributed by atoms with Crippen molar-refractivity contribution in [3.05, 3.63) is 11.4 Å².